The number of rotatable bonds is 49. The molecular formula is C62H102NO8+. The monoisotopic (exact) mass is 989 g/mol. The van der Waals surface area contributed by atoms with Gasteiger partial charge in [-0.15, -0.1) is 0 Å². The number of likely N-dealkylation sites (N-methyl/N-ethyl adjacent to an activating group) is 1. The summed E-state index contributed by atoms with van der Waals surface area (Å²) in [5.74, 6) is -2.08. The molecule has 0 aliphatic carbocycles. The summed E-state index contributed by atoms with van der Waals surface area (Å²) in [6, 6.07) is 0. The normalized spacial score (nSPS) is 13.8. The Morgan fingerprint density at radius 2 is 0.761 bits per heavy atom. The summed E-state index contributed by atoms with van der Waals surface area (Å²) >= 11 is 0. The van der Waals surface area contributed by atoms with Crippen LogP contribution in [0.2, 0.25) is 0 Å². The van der Waals surface area contributed by atoms with Crippen LogP contribution in [0.5, 0.6) is 0 Å². The number of aliphatic carboxylic acids is 1. The summed E-state index contributed by atoms with van der Waals surface area (Å²) in [7, 11) is 5.94. The van der Waals surface area contributed by atoms with Crippen molar-refractivity contribution in [3.05, 3.63) is 122 Å². The third-order valence-electron chi connectivity index (χ3n) is 11.2. The largest absolute Gasteiger partial charge is 0.477 e. The van der Waals surface area contributed by atoms with E-state index in [1.54, 1.807) is 0 Å². The lowest BCUT2D eigenvalue weighted by Crippen LogP contribution is -2.40. The van der Waals surface area contributed by atoms with Crippen molar-refractivity contribution < 1.29 is 42.9 Å². The number of carboxylic acids is 1. The number of carbonyl (C=O) groups is 3. The molecule has 0 saturated carbocycles. The van der Waals surface area contributed by atoms with Crippen LogP contribution in [-0.4, -0.2) is 87.4 Å². The molecule has 0 radical (unpaired) electrons. The van der Waals surface area contributed by atoms with Gasteiger partial charge in [0.1, 0.15) is 13.2 Å². The highest BCUT2D eigenvalue weighted by Gasteiger charge is 2.25. The number of nitrogens with zero attached hydrogens (tertiary/aromatic N) is 1. The number of allylic oxidation sites excluding steroid dienone is 20. The van der Waals surface area contributed by atoms with Crippen molar-refractivity contribution in [2.75, 3.05) is 47.5 Å². The average Bonchev–Trinajstić information content (AvgIpc) is 3.34. The van der Waals surface area contributed by atoms with Gasteiger partial charge in [-0.1, -0.05) is 200 Å². The van der Waals surface area contributed by atoms with E-state index in [1.807, 2.05) is 21.1 Å². The maximum absolute atomic E-state index is 12.8. The Kier molecular flexibility index (Phi) is 48.9. The molecule has 2 atom stereocenters. The second kappa shape index (κ2) is 52.0. The maximum atomic E-state index is 12.8. The molecule has 0 bridgehead atoms. The summed E-state index contributed by atoms with van der Waals surface area (Å²) in [6.45, 7) is 4.58. The molecule has 2 unspecified atom stereocenters. The molecule has 0 aliphatic rings. The van der Waals surface area contributed by atoms with Gasteiger partial charge in [0.25, 0.3) is 6.29 Å². The van der Waals surface area contributed by atoms with E-state index in [1.165, 1.54) is 64.2 Å². The van der Waals surface area contributed by atoms with E-state index < -0.39 is 24.3 Å². The molecule has 9 heteroatoms. The Morgan fingerprint density at radius 1 is 0.423 bits per heavy atom. The predicted molar refractivity (Wildman–Crippen MR) is 299 cm³/mol. The van der Waals surface area contributed by atoms with E-state index >= 15 is 0 Å². The van der Waals surface area contributed by atoms with Crippen LogP contribution < -0.4 is 0 Å². The minimum absolute atomic E-state index is 0.172. The molecule has 0 rings (SSSR count). The van der Waals surface area contributed by atoms with Crippen LogP contribution in [0.3, 0.4) is 0 Å². The minimum Gasteiger partial charge on any atom is -0.477 e. The summed E-state index contributed by atoms with van der Waals surface area (Å²) in [5, 5.41) is 9.69. The number of esters is 2. The summed E-state index contributed by atoms with van der Waals surface area (Å²) < 4.78 is 22.8. The number of carbonyl (C=O) groups excluding carboxylic acids is 2. The van der Waals surface area contributed by atoms with Crippen LogP contribution in [-0.2, 0) is 33.3 Å². The van der Waals surface area contributed by atoms with Crippen LogP contribution in [0, 0.1) is 0 Å². The molecule has 0 heterocycles. The molecule has 0 spiro atoms. The number of hydrogen-bond acceptors (Lipinski definition) is 7. The minimum atomic E-state index is -1.53. The topological polar surface area (TPSA) is 108 Å². The van der Waals surface area contributed by atoms with Gasteiger partial charge in [0.05, 0.1) is 34.4 Å². The molecule has 71 heavy (non-hydrogen) atoms. The molecule has 0 aromatic rings. The Balaban J connectivity index is 4.37. The zero-order valence-electron chi connectivity index (χ0n) is 45.6. The lowest BCUT2D eigenvalue weighted by molar-refractivity contribution is -0.870. The molecule has 0 aliphatic heterocycles. The van der Waals surface area contributed by atoms with Gasteiger partial charge in [-0.25, -0.2) is 4.79 Å². The number of ether oxygens (including phenoxy) is 4. The van der Waals surface area contributed by atoms with Gasteiger partial charge in [-0.05, 0) is 103 Å². The SMILES string of the molecule is CC/C=C\C/C=C\C/C=C\C/C=C\C/C=C\C/C=C\CCCCC(=O)OC(COC(=O)CCCCCCCCCCCCCC/C=C\C/C=C\C/C=C\C/C=C\CC)COC(OCC[N+](C)(C)C)C(=O)O. The van der Waals surface area contributed by atoms with Crippen LogP contribution in [0.15, 0.2) is 122 Å². The fourth-order valence-electron chi connectivity index (χ4n) is 7.01. The van der Waals surface area contributed by atoms with Crippen LogP contribution in [0.4, 0.5) is 0 Å². The Labute approximate surface area is 434 Å². The Hall–Kier alpha value is -4.31. The van der Waals surface area contributed by atoms with Crippen molar-refractivity contribution in [1.82, 2.24) is 0 Å². The van der Waals surface area contributed by atoms with Gasteiger partial charge in [0.2, 0.25) is 0 Å². The number of hydrogen-bond donors (Lipinski definition) is 1. The van der Waals surface area contributed by atoms with Gasteiger partial charge in [-0.2, -0.15) is 0 Å². The van der Waals surface area contributed by atoms with E-state index in [0.29, 0.717) is 17.4 Å². The molecule has 0 fully saturated rings. The van der Waals surface area contributed by atoms with E-state index in [0.717, 1.165) is 96.3 Å². The van der Waals surface area contributed by atoms with Crippen molar-refractivity contribution in [3.8, 4) is 0 Å². The molecule has 0 aromatic carbocycles. The zero-order chi connectivity index (χ0) is 52.0. The molecular weight excluding hydrogens is 887 g/mol. The van der Waals surface area contributed by atoms with Gasteiger partial charge in [0, 0.05) is 12.8 Å². The van der Waals surface area contributed by atoms with Crippen molar-refractivity contribution in [3.63, 3.8) is 0 Å². The quantitative estimate of drug-likeness (QED) is 0.0211. The van der Waals surface area contributed by atoms with Gasteiger partial charge >= 0.3 is 17.9 Å². The number of carboxylic acid groups (broad SMARTS) is 1. The molecule has 0 aromatic heterocycles. The summed E-state index contributed by atoms with van der Waals surface area (Å²) in [5.41, 5.74) is 0. The average molecular weight is 989 g/mol. The second-order valence-electron chi connectivity index (χ2n) is 19.1. The highest BCUT2D eigenvalue weighted by molar-refractivity contribution is 5.71. The van der Waals surface area contributed by atoms with E-state index in [2.05, 4.69) is 135 Å². The third-order valence-corrected chi connectivity index (χ3v) is 11.2. The predicted octanol–water partition coefficient (Wildman–Crippen LogP) is 16.1. The lowest BCUT2D eigenvalue weighted by atomic mass is 10.0. The summed E-state index contributed by atoms with van der Waals surface area (Å²) in [4.78, 5) is 37.4. The highest BCUT2D eigenvalue weighted by atomic mass is 16.7. The van der Waals surface area contributed by atoms with Crippen LogP contribution in [0.1, 0.15) is 194 Å². The fourth-order valence-corrected chi connectivity index (χ4v) is 7.01. The van der Waals surface area contributed by atoms with Crippen LogP contribution in [0.25, 0.3) is 0 Å². The number of unbranched alkanes of at least 4 members (excludes halogenated alkanes) is 14. The van der Waals surface area contributed by atoms with Crippen molar-refractivity contribution in [1.29, 1.82) is 0 Å². The van der Waals surface area contributed by atoms with E-state index in [9.17, 15) is 19.5 Å². The van der Waals surface area contributed by atoms with Crippen LogP contribution >= 0.6 is 0 Å². The van der Waals surface area contributed by atoms with E-state index in [4.69, 9.17) is 18.9 Å². The maximum Gasteiger partial charge on any atom is 0.361 e. The zero-order valence-corrected chi connectivity index (χ0v) is 45.6. The molecule has 1 N–H and O–H groups in total. The van der Waals surface area contributed by atoms with E-state index in [-0.39, 0.29) is 38.6 Å². The van der Waals surface area contributed by atoms with Crippen molar-refractivity contribution >= 4 is 17.9 Å². The first kappa shape index (κ1) is 66.7. The Morgan fingerprint density at radius 3 is 1.15 bits per heavy atom. The smallest absolute Gasteiger partial charge is 0.361 e. The first-order valence-electron chi connectivity index (χ1n) is 27.7. The fraction of sp³-hybridized carbons (Fsp3) is 0.629. The van der Waals surface area contributed by atoms with Crippen molar-refractivity contribution in [2.24, 2.45) is 0 Å². The highest BCUT2D eigenvalue weighted by Crippen LogP contribution is 2.14. The lowest BCUT2D eigenvalue weighted by Gasteiger charge is -2.25. The van der Waals surface area contributed by atoms with Gasteiger partial charge in [0.15, 0.2) is 6.10 Å². The molecule has 0 saturated heterocycles. The molecule has 0 amide bonds. The Bertz CT molecular complexity index is 1570. The first-order chi connectivity index (χ1) is 34.6. The molecule has 402 valence electrons. The summed E-state index contributed by atoms with van der Waals surface area (Å²) in [6.07, 6.45) is 69.9. The van der Waals surface area contributed by atoms with Crippen molar-refractivity contribution in [2.45, 2.75) is 206 Å². The molecule has 9 nitrogen and oxygen atoms in total. The third kappa shape index (κ3) is 53.3. The standard InChI is InChI=1S/C62H101NO8/c1-6-8-10-12-14-16-18-20-22-24-26-28-29-30-31-33-34-36-38-40-42-44-46-48-50-52-59(64)69-56-58(57-70-62(61(66)67)68-55-54-63(3,4)5)71-60(65)53-51-49-47-45-43-41-39-37-35-32-27-25-23-21-19-17-15-13-11-9-7-2/h8-11,14-17,20-23,26-28,32,37,39,43,45,58,62H,6-7,12-13,18-19,24-25,29-31,33-36,38,40-42,44,46-57H2,1-5H3/p+1/b10-8-,11-9-,16-14-,17-15-,22-20-,23-21-,28-26-,32-27-,39-37-,45-43-. The van der Waals surface area contributed by atoms with Gasteiger partial charge in [-0.3, -0.25) is 9.59 Å². The first-order valence-corrected chi connectivity index (χ1v) is 27.7. The second-order valence-corrected chi connectivity index (χ2v) is 19.1. The number of quaternary nitrogens is 1. The van der Waals surface area contributed by atoms with Gasteiger partial charge < -0.3 is 28.5 Å².